The molecule has 1 saturated heterocycles. The van der Waals surface area contributed by atoms with Gasteiger partial charge in [-0.05, 0) is 36.0 Å². The average Bonchev–Trinajstić information content (AvgIpc) is 2.70. The van der Waals surface area contributed by atoms with Crippen molar-refractivity contribution in [3.8, 4) is 0 Å². The van der Waals surface area contributed by atoms with Crippen LogP contribution in [-0.2, 0) is 4.79 Å². The van der Waals surface area contributed by atoms with Gasteiger partial charge in [-0.25, -0.2) is 0 Å². The lowest BCUT2D eigenvalue weighted by molar-refractivity contribution is -0.132. The number of rotatable bonds is 2. The first-order chi connectivity index (χ1) is 8.00. The zero-order chi connectivity index (χ0) is 12.2. The molecule has 3 nitrogen and oxygen atoms in total. The lowest BCUT2D eigenvalue weighted by Crippen LogP contribution is -2.36. The molecule has 3 fully saturated rings. The highest BCUT2D eigenvalue weighted by Gasteiger charge is 2.62. The van der Waals surface area contributed by atoms with Crippen LogP contribution in [0, 0.1) is 23.2 Å². The van der Waals surface area contributed by atoms with E-state index in [-0.39, 0.29) is 18.4 Å². The van der Waals surface area contributed by atoms with Crippen molar-refractivity contribution < 1.29 is 4.79 Å². The second-order valence-corrected chi connectivity index (χ2v) is 6.89. The summed E-state index contributed by atoms with van der Waals surface area (Å²) in [6.07, 6.45) is 4.16. The molecule has 0 aromatic heterocycles. The SMILES string of the molecule is CC1(C)C2CN(C(=O)C[C@@H]3CCC[C@H]3N)CC21.Cl. The molecule has 0 aromatic carbocycles. The molecule has 3 aliphatic rings. The van der Waals surface area contributed by atoms with Crippen molar-refractivity contribution in [2.24, 2.45) is 28.9 Å². The van der Waals surface area contributed by atoms with Crippen LogP contribution in [0.1, 0.15) is 39.5 Å². The molecule has 2 saturated carbocycles. The maximum absolute atomic E-state index is 12.2. The normalized spacial score (nSPS) is 40.3. The Morgan fingerprint density at radius 3 is 2.39 bits per heavy atom. The Morgan fingerprint density at radius 2 is 1.89 bits per heavy atom. The van der Waals surface area contributed by atoms with E-state index in [2.05, 4.69) is 18.7 Å². The van der Waals surface area contributed by atoms with Crippen molar-refractivity contribution in [1.29, 1.82) is 0 Å². The Labute approximate surface area is 116 Å². The molecule has 2 aliphatic carbocycles. The molecular formula is C14H25ClN2O. The van der Waals surface area contributed by atoms with E-state index in [9.17, 15) is 4.79 Å². The Bertz CT molecular complexity index is 331. The molecule has 0 aromatic rings. The number of carbonyl (C=O) groups is 1. The van der Waals surface area contributed by atoms with E-state index in [1.54, 1.807) is 0 Å². The smallest absolute Gasteiger partial charge is 0.222 e. The van der Waals surface area contributed by atoms with Gasteiger partial charge in [0.15, 0.2) is 0 Å². The number of nitrogens with zero attached hydrogens (tertiary/aromatic N) is 1. The zero-order valence-electron chi connectivity index (χ0n) is 11.4. The van der Waals surface area contributed by atoms with Gasteiger partial charge in [0.05, 0.1) is 0 Å². The van der Waals surface area contributed by atoms with Gasteiger partial charge in [-0.3, -0.25) is 4.79 Å². The van der Waals surface area contributed by atoms with Gasteiger partial charge in [0, 0.05) is 25.6 Å². The van der Waals surface area contributed by atoms with Crippen molar-refractivity contribution in [2.45, 2.75) is 45.6 Å². The minimum atomic E-state index is 0. The average molecular weight is 273 g/mol. The van der Waals surface area contributed by atoms with Crippen LogP contribution in [0.3, 0.4) is 0 Å². The van der Waals surface area contributed by atoms with E-state index in [4.69, 9.17) is 5.73 Å². The summed E-state index contributed by atoms with van der Waals surface area (Å²) >= 11 is 0. The van der Waals surface area contributed by atoms with Crippen LogP contribution in [-0.4, -0.2) is 29.9 Å². The first kappa shape index (κ1) is 14.1. The predicted octanol–water partition coefficient (Wildman–Crippen LogP) is 2.04. The Hall–Kier alpha value is -0.280. The number of hydrogen-bond acceptors (Lipinski definition) is 2. The molecule has 0 radical (unpaired) electrons. The molecule has 0 spiro atoms. The number of nitrogens with two attached hydrogens (primary N) is 1. The second kappa shape index (κ2) is 4.68. The van der Waals surface area contributed by atoms with Gasteiger partial charge in [0.2, 0.25) is 5.91 Å². The maximum atomic E-state index is 12.2. The zero-order valence-corrected chi connectivity index (χ0v) is 12.2. The van der Waals surface area contributed by atoms with E-state index >= 15 is 0 Å². The van der Waals surface area contributed by atoms with Gasteiger partial charge in [-0.2, -0.15) is 0 Å². The van der Waals surface area contributed by atoms with Crippen LogP contribution < -0.4 is 5.73 Å². The summed E-state index contributed by atoms with van der Waals surface area (Å²) in [6.45, 7) is 6.66. The third-order valence-electron chi connectivity index (χ3n) is 5.63. The molecule has 1 heterocycles. The lowest BCUT2D eigenvalue weighted by atomic mass is 9.99. The van der Waals surface area contributed by atoms with E-state index in [1.807, 2.05) is 0 Å². The quantitative estimate of drug-likeness (QED) is 0.836. The largest absolute Gasteiger partial charge is 0.342 e. The summed E-state index contributed by atoms with van der Waals surface area (Å²) in [4.78, 5) is 14.3. The fourth-order valence-corrected chi connectivity index (χ4v) is 4.01. The number of hydrogen-bond donors (Lipinski definition) is 1. The van der Waals surface area contributed by atoms with Crippen molar-refractivity contribution in [1.82, 2.24) is 4.90 Å². The van der Waals surface area contributed by atoms with E-state index in [0.717, 1.165) is 37.8 Å². The molecule has 0 bridgehead atoms. The first-order valence-corrected chi connectivity index (χ1v) is 7.03. The molecule has 2 unspecified atom stereocenters. The molecule has 1 aliphatic heterocycles. The number of carbonyl (C=O) groups excluding carboxylic acids is 1. The van der Waals surface area contributed by atoms with E-state index in [1.165, 1.54) is 6.42 Å². The van der Waals surface area contributed by atoms with Gasteiger partial charge in [-0.1, -0.05) is 20.3 Å². The van der Waals surface area contributed by atoms with Crippen LogP contribution in [0.5, 0.6) is 0 Å². The highest BCUT2D eigenvalue weighted by Crippen LogP contribution is 2.62. The van der Waals surface area contributed by atoms with Crippen LogP contribution >= 0.6 is 12.4 Å². The number of amides is 1. The fraction of sp³-hybridized carbons (Fsp3) is 0.929. The van der Waals surface area contributed by atoms with Gasteiger partial charge >= 0.3 is 0 Å². The van der Waals surface area contributed by atoms with Gasteiger partial charge in [-0.15, -0.1) is 12.4 Å². The first-order valence-electron chi connectivity index (χ1n) is 7.03. The molecule has 2 N–H and O–H groups in total. The Morgan fingerprint density at radius 1 is 1.28 bits per heavy atom. The summed E-state index contributed by atoms with van der Waals surface area (Å²) < 4.78 is 0. The second-order valence-electron chi connectivity index (χ2n) is 6.89. The van der Waals surface area contributed by atoms with Crippen LogP contribution in [0.4, 0.5) is 0 Å². The number of halogens is 1. The molecule has 18 heavy (non-hydrogen) atoms. The highest BCUT2D eigenvalue weighted by atomic mass is 35.5. The Kier molecular flexibility index (Phi) is 3.67. The summed E-state index contributed by atoms with van der Waals surface area (Å²) in [5, 5.41) is 0. The van der Waals surface area contributed by atoms with Crippen LogP contribution in [0.25, 0.3) is 0 Å². The third-order valence-corrected chi connectivity index (χ3v) is 5.63. The summed E-state index contributed by atoms with van der Waals surface area (Å²) in [5.41, 5.74) is 6.53. The van der Waals surface area contributed by atoms with Gasteiger partial charge < -0.3 is 10.6 Å². The van der Waals surface area contributed by atoms with E-state index < -0.39 is 0 Å². The Balaban J connectivity index is 0.00000120. The number of fused-ring (bicyclic) bond motifs is 1. The number of likely N-dealkylation sites (tertiary alicyclic amines) is 1. The van der Waals surface area contributed by atoms with E-state index in [0.29, 0.717) is 23.7 Å². The van der Waals surface area contributed by atoms with Crippen molar-refractivity contribution >= 4 is 18.3 Å². The van der Waals surface area contributed by atoms with Crippen molar-refractivity contribution in [2.75, 3.05) is 13.1 Å². The summed E-state index contributed by atoms with van der Waals surface area (Å²) in [5.74, 6) is 2.34. The number of piperidine rings is 1. The molecule has 104 valence electrons. The topological polar surface area (TPSA) is 46.3 Å². The molecule has 4 atom stereocenters. The third kappa shape index (κ3) is 2.16. The highest BCUT2D eigenvalue weighted by molar-refractivity contribution is 5.85. The standard InChI is InChI=1S/C14H24N2O.ClH/c1-14(2)10-7-16(8-11(10)14)13(17)6-9-4-3-5-12(9)15;/h9-12H,3-8,15H2,1-2H3;1H/t9-,10?,11?,12+;/m0./s1. The van der Waals surface area contributed by atoms with Crippen LogP contribution in [0.2, 0.25) is 0 Å². The lowest BCUT2D eigenvalue weighted by Gasteiger charge is -2.24. The summed E-state index contributed by atoms with van der Waals surface area (Å²) in [7, 11) is 0. The van der Waals surface area contributed by atoms with Crippen molar-refractivity contribution in [3.63, 3.8) is 0 Å². The molecule has 3 rings (SSSR count). The monoisotopic (exact) mass is 272 g/mol. The van der Waals surface area contributed by atoms with Gasteiger partial charge in [0.25, 0.3) is 0 Å². The molecular weight excluding hydrogens is 248 g/mol. The molecule has 4 heteroatoms. The minimum absolute atomic E-state index is 0. The molecule has 1 amide bonds. The van der Waals surface area contributed by atoms with Crippen LogP contribution in [0.15, 0.2) is 0 Å². The predicted molar refractivity (Wildman–Crippen MR) is 74.5 cm³/mol. The fourth-order valence-electron chi connectivity index (χ4n) is 4.01. The minimum Gasteiger partial charge on any atom is -0.342 e. The van der Waals surface area contributed by atoms with Gasteiger partial charge in [0.1, 0.15) is 0 Å². The maximum Gasteiger partial charge on any atom is 0.222 e. The van der Waals surface area contributed by atoms with Crippen molar-refractivity contribution in [3.05, 3.63) is 0 Å². The summed E-state index contributed by atoms with van der Waals surface area (Å²) in [6, 6.07) is 0.271.